The number of piperidine rings is 1. The van der Waals surface area contributed by atoms with E-state index in [2.05, 4.69) is 11.8 Å². The fourth-order valence-corrected chi connectivity index (χ4v) is 12.5. The molecule has 11 heteroatoms. The highest BCUT2D eigenvalue weighted by Gasteiger charge is 2.90. The normalized spacial score (nSPS) is 48.4. The highest BCUT2D eigenvalue weighted by Crippen LogP contribution is 2.80. The van der Waals surface area contributed by atoms with Gasteiger partial charge in [-0.1, -0.05) is 6.92 Å². The number of hydrogen-bond donors (Lipinski definition) is 2. The summed E-state index contributed by atoms with van der Waals surface area (Å²) < 4.78 is 44.0. The van der Waals surface area contributed by atoms with Crippen molar-refractivity contribution in [3.8, 4) is 5.75 Å². The van der Waals surface area contributed by atoms with Crippen molar-refractivity contribution in [1.82, 2.24) is 4.90 Å². The smallest absolute Gasteiger partial charge is 0.338 e. The van der Waals surface area contributed by atoms with E-state index in [0.29, 0.717) is 50.3 Å². The van der Waals surface area contributed by atoms with E-state index >= 15 is 0 Å². The molecule has 0 aromatic heterocycles. The highest BCUT2D eigenvalue weighted by atomic mass is 16.6. The molecule has 1 heterocycles. The number of hydrogen-bond acceptors (Lipinski definition) is 11. The van der Waals surface area contributed by atoms with Crippen molar-refractivity contribution >= 4 is 5.97 Å². The Kier molecular flexibility index (Phi) is 8.08. The van der Waals surface area contributed by atoms with E-state index < -0.39 is 46.3 Å². The Morgan fingerprint density at radius 2 is 1.70 bits per heavy atom. The van der Waals surface area contributed by atoms with Crippen LogP contribution in [0.15, 0.2) is 24.3 Å². The molecule has 2 N–H and O–H groups in total. The van der Waals surface area contributed by atoms with Gasteiger partial charge in [0.25, 0.3) is 0 Å². The number of nitrogens with zero attached hydrogens (tertiary/aromatic N) is 1. The van der Waals surface area contributed by atoms with E-state index in [4.69, 9.17) is 33.2 Å². The monoisotopic (exact) mass is 645 g/mol. The maximum atomic E-state index is 13.9. The van der Waals surface area contributed by atoms with Gasteiger partial charge in [0.15, 0.2) is 0 Å². The molecule has 11 nitrogen and oxygen atoms in total. The lowest BCUT2D eigenvalue weighted by molar-refractivity contribution is -0.304. The average Bonchev–Trinajstić information content (AvgIpc) is 3.43. The number of benzene rings is 1. The summed E-state index contributed by atoms with van der Waals surface area (Å²) in [5.41, 5.74) is -3.11. The molecular formula is C35H51NO10. The Morgan fingerprint density at radius 3 is 2.28 bits per heavy atom. The topological polar surface area (TPSA) is 125 Å². The maximum absolute atomic E-state index is 13.9. The number of aliphatic hydroxyl groups excluding tert-OH is 1. The van der Waals surface area contributed by atoms with E-state index in [1.54, 1.807) is 59.8 Å². The van der Waals surface area contributed by atoms with E-state index in [1.807, 2.05) is 6.92 Å². The second-order valence-corrected chi connectivity index (χ2v) is 14.6. The molecule has 7 rings (SSSR count). The molecule has 0 radical (unpaired) electrons. The predicted octanol–water partition coefficient (Wildman–Crippen LogP) is 2.16. The van der Waals surface area contributed by atoms with Crippen LogP contribution in [0.3, 0.4) is 0 Å². The lowest BCUT2D eigenvalue weighted by Gasteiger charge is -2.70. The number of methoxy groups -OCH3 is 5. The number of carbonyl (C=O) groups excluding carboxylic acids is 1. The first kappa shape index (κ1) is 32.7. The van der Waals surface area contributed by atoms with E-state index in [0.717, 1.165) is 6.54 Å². The molecule has 7 bridgehead atoms. The summed E-state index contributed by atoms with van der Waals surface area (Å²) in [5.74, 6) is -0.750. The van der Waals surface area contributed by atoms with E-state index in [1.165, 1.54) is 0 Å². The molecule has 6 fully saturated rings. The molecule has 1 aliphatic heterocycles. The standard InChI is InChI=1S/C35H51NO10/c1-8-36-17-32(18-40-3)22(37)14-23(42-5)35-21-15-33(39)24(43-6)16-34(45-9-2,26(29(35)36)27(44-7)28(32)35)25(21)30(33)46-31(38)19-10-12-20(41-4)13-11-19/h10-13,21-30,37,39H,8-9,14-18H2,1-7H3/t21-,22-,23+,24+,25-,26?,27+,28-,29?,30-,32+,33+,34-,35?/m1/s1. The third-order valence-electron chi connectivity index (χ3n) is 13.5. The lowest BCUT2D eigenvalue weighted by atomic mass is 9.42. The van der Waals surface area contributed by atoms with E-state index in [-0.39, 0.29) is 41.9 Å². The third kappa shape index (κ3) is 3.80. The van der Waals surface area contributed by atoms with Gasteiger partial charge in [0.05, 0.1) is 49.3 Å². The van der Waals surface area contributed by atoms with Gasteiger partial charge in [-0.25, -0.2) is 4.79 Å². The molecule has 6 aliphatic rings. The zero-order valence-corrected chi connectivity index (χ0v) is 28.1. The zero-order chi connectivity index (χ0) is 32.8. The molecule has 256 valence electrons. The van der Waals surface area contributed by atoms with Gasteiger partial charge in [0.1, 0.15) is 17.5 Å². The molecule has 14 atom stereocenters. The van der Waals surface area contributed by atoms with Gasteiger partial charge in [0, 0.05) is 89.1 Å². The van der Waals surface area contributed by atoms with Crippen molar-refractivity contribution in [2.75, 3.05) is 61.9 Å². The SMILES string of the molecule is CCO[C@]12C[C@H](OC)[C@@]3(O)C[C@H]([C@@H]1[C@H]3OC(=O)c1ccc(OC)cc1)C13C4C2[C@H](OC)[C@@H]1[C@](COC)(CN4CC)[C@H](O)C[C@@H]3OC. The molecule has 1 aromatic rings. The quantitative estimate of drug-likeness (QED) is 0.344. The summed E-state index contributed by atoms with van der Waals surface area (Å²) in [6.07, 6.45) is -1.63. The van der Waals surface area contributed by atoms with Crippen LogP contribution in [0.1, 0.15) is 43.5 Å². The van der Waals surface area contributed by atoms with Gasteiger partial charge in [-0.3, -0.25) is 4.90 Å². The molecular weight excluding hydrogens is 594 g/mol. The van der Waals surface area contributed by atoms with Crippen LogP contribution < -0.4 is 4.74 Å². The second-order valence-electron chi connectivity index (χ2n) is 14.6. The molecule has 1 spiro atoms. The largest absolute Gasteiger partial charge is 0.497 e. The van der Waals surface area contributed by atoms with Crippen LogP contribution in [-0.4, -0.2) is 131 Å². The van der Waals surface area contributed by atoms with Gasteiger partial charge in [0.2, 0.25) is 0 Å². The number of ether oxygens (including phenoxy) is 7. The van der Waals surface area contributed by atoms with Crippen molar-refractivity contribution in [3.05, 3.63) is 29.8 Å². The summed E-state index contributed by atoms with van der Waals surface area (Å²) in [4.78, 5) is 16.4. The first-order chi connectivity index (χ1) is 22.1. The number of esters is 1. The Bertz CT molecular complexity index is 1310. The van der Waals surface area contributed by atoms with Crippen molar-refractivity contribution in [3.63, 3.8) is 0 Å². The number of carbonyl (C=O) groups is 1. The van der Waals surface area contributed by atoms with Gasteiger partial charge >= 0.3 is 5.97 Å². The fraction of sp³-hybridized carbons (Fsp3) is 0.800. The van der Waals surface area contributed by atoms with Crippen molar-refractivity contribution in [2.24, 2.45) is 34.5 Å². The predicted molar refractivity (Wildman–Crippen MR) is 165 cm³/mol. The summed E-state index contributed by atoms with van der Waals surface area (Å²) >= 11 is 0. The summed E-state index contributed by atoms with van der Waals surface area (Å²) in [6.45, 7) is 6.38. The van der Waals surface area contributed by atoms with E-state index in [9.17, 15) is 15.0 Å². The van der Waals surface area contributed by atoms with Crippen LogP contribution in [0.25, 0.3) is 0 Å². The number of likely N-dealkylation sites (tertiary alicyclic amines) is 1. The van der Waals surface area contributed by atoms with Crippen molar-refractivity contribution < 1.29 is 48.2 Å². The first-order valence-electron chi connectivity index (χ1n) is 16.8. The number of aliphatic hydroxyl groups is 2. The summed E-state index contributed by atoms with van der Waals surface area (Å²) in [5, 5.41) is 24.9. The molecule has 5 saturated carbocycles. The minimum Gasteiger partial charge on any atom is -0.497 e. The van der Waals surface area contributed by atoms with Gasteiger partial charge < -0.3 is 43.4 Å². The minimum atomic E-state index is -1.46. The highest BCUT2D eigenvalue weighted by molar-refractivity contribution is 5.89. The Hall–Kier alpha value is -1.83. The molecule has 0 amide bonds. The third-order valence-corrected chi connectivity index (χ3v) is 13.5. The van der Waals surface area contributed by atoms with Gasteiger partial charge in [-0.15, -0.1) is 0 Å². The Morgan fingerprint density at radius 1 is 0.978 bits per heavy atom. The van der Waals surface area contributed by atoms with Crippen LogP contribution >= 0.6 is 0 Å². The van der Waals surface area contributed by atoms with Gasteiger partial charge in [-0.05, 0) is 50.1 Å². The van der Waals surface area contributed by atoms with Crippen molar-refractivity contribution in [1.29, 1.82) is 0 Å². The molecule has 1 aromatic carbocycles. The molecule has 5 aliphatic carbocycles. The summed E-state index contributed by atoms with van der Waals surface area (Å²) in [7, 11) is 8.39. The summed E-state index contributed by atoms with van der Waals surface area (Å²) in [6, 6.07) is 6.79. The van der Waals surface area contributed by atoms with Crippen LogP contribution in [0.5, 0.6) is 5.75 Å². The zero-order valence-electron chi connectivity index (χ0n) is 28.1. The number of rotatable bonds is 11. The Balaban J connectivity index is 1.45. The number of fused-ring (bicyclic) bond motifs is 2. The molecule has 1 saturated heterocycles. The first-order valence-corrected chi connectivity index (χ1v) is 16.8. The lowest BCUT2D eigenvalue weighted by Crippen LogP contribution is -2.79. The van der Waals surface area contributed by atoms with Crippen molar-refractivity contribution in [2.45, 2.75) is 80.9 Å². The van der Waals surface area contributed by atoms with Crippen LogP contribution in [0.2, 0.25) is 0 Å². The Labute approximate surface area is 271 Å². The molecule has 3 unspecified atom stereocenters. The molecule has 46 heavy (non-hydrogen) atoms. The fourth-order valence-electron chi connectivity index (χ4n) is 12.5. The van der Waals surface area contributed by atoms with Crippen LogP contribution in [-0.2, 0) is 28.4 Å². The minimum absolute atomic E-state index is 0.0152. The van der Waals surface area contributed by atoms with Gasteiger partial charge in [-0.2, -0.15) is 0 Å². The maximum Gasteiger partial charge on any atom is 0.338 e. The van der Waals surface area contributed by atoms with Crippen LogP contribution in [0.4, 0.5) is 0 Å². The average molecular weight is 646 g/mol. The van der Waals surface area contributed by atoms with Crippen LogP contribution in [0, 0.1) is 34.5 Å². The second kappa shape index (κ2) is 11.4.